The van der Waals surface area contributed by atoms with Crippen molar-refractivity contribution >= 4 is 56.0 Å². The second-order valence-electron chi connectivity index (χ2n) is 14.2. The highest BCUT2D eigenvalue weighted by Gasteiger charge is 2.42. The molecule has 1 atom stereocenters. The average molecular weight is 671 g/mol. The molecule has 0 N–H and O–H groups in total. The van der Waals surface area contributed by atoms with Gasteiger partial charge in [-0.05, 0) is 69.0 Å². The predicted octanol–water partition coefficient (Wildman–Crippen LogP) is 13.1. The summed E-state index contributed by atoms with van der Waals surface area (Å²) in [5.74, 6) is 0. The van der Waals surface area contributed by atoms with Crippen LogP contribution in [0.3, 0.4) is 0 Å². The molecule has 0 radical (unpaired) electrons. The van der Waals surface area contributed by atoms with Crippen LogP contribution in [0.2, 0.25) is 0 Å². The van der Waals surface area contributed by atoms with Gasteiger partial charge in [-0.25, -0.2) is 0 Å². The molecule has 7 aromatic carbocycles. The van der Waals surface area contributed by atoms with Crippen LogP contribution in [-0.4, -0.2) is 4.70 Å². The highest BCUT2D eigenvalue weighted by atomic mass is 16.3. The normalized spacial score (nSPS) is 16.2. The van der Waals surface area contributed by atoms with Crippen LogP contribution in [0, 0.1) is 0 Å². The van der Waals surface area contributed by atoms with Gasteiger partial charge in [-0.1, -0.05) is 135 Å². The van der Waals surface area contributed by atoms with Gasteiger partial charge in [0.1, 0.15) is 11.2 Å². The first-order valence-corrected chi connectivity index (χ1v) is 17.9. The Bertz CT molecular complexity index is 2660. The molecule has 2 aliphatic heterocycles. The SMILES string of the molecule is CC1(C)c2ccccc2N(c2cc(C3=C(c4ccccc4)[N+](c4ccccc4)=NC3c3ccccc3)c3oc4ccccc4c3c2)c2ccccc21. The number of nitrogens with zero attached hydrogens (tertiary/aromatic N) is 3. The molecule has 3 heterocycles. The molecule has 10 rings (SSSR count). The van der Waals surface area contributed by atoms with Gasteiger partial charge in [-0.15, -0.1) is 0 Å². The van der Waals surface area contributed by atoms with Crippen LogP contribution < -0.4 is 4.90 Å². The van der Waals surface area contributed by atoms with E-state index in [-0.39, 0.29) is 11.5 Å². The zero-order valence-electron chi connectivity index (χ0n) is 29.1. The molecule has 248 valence electrons. The van der Waals surface area contributed by atoms with Crippen molar-refractivity contribution in [2.45, 2.75) is 25.3 Å². The molecule has 0 aliphatic carbocycles. The number of furan rings is 1. The molecular formula is C48H36N3O+. The molecule has 8 aromatic rings. The molecule has 0 fully saturated rings. The van der Waals surface area contributed by atoms with Crippen molar-refractivity contribution in [2.24, 2.45) is 5.11 Å². The Kier molecular flexibility index (Phi) is 6.87. The van der Waals surface area contributed by atoms with Crippen molar-refractivity contribution in [3.05, 3.63) is 204 Å². The van der Waals surface area contributed by atoms with Crippen molar-refractivity contribution in [2.75, 3.05) is 4.90 Å². The maximum absolute atomic E-state index is 6.91. The summed E-state index contributed by atoms with van der Waals surface area (Å²) in [6.45, 7) is 4.67. The number of hydrogen-bond donors (Lipinski definition) is 0. The summed E-state index contributed by atoms with van der Waals surface area (Å²) in [6, 6.07) is 62.2. The van der Waals surface area contributed by atoms with Crippen molar-refractivity contribution in [3.8, 4) is 0 Å². The Morgan fingerprint density at radius 2 is 1.17 bits per heavy atom. The molecule has 0 saturated carbocycles. The lowest BCUT2D eigenvalue weighted by Gasteiger charge is -2.42. The van der Waals surface area contributed by atoms with E-state index in [2.05, 4.69) is 193 Å². The summed E-state index contributed by atoms with van der Waals surface area (Å²) >= 11 is 0. The number of benzene rings is 7. The molecule has 52 heavy (non-hydrogen) atoms. The zero-order valence-corrected chi connectivity index (χ0v) is 29.1. The first-order chi connectivity index (χ1) is 25.6. The van der Waals surface area contributed by atoms with Crippen LogP contribution in [0.25, 0.3) is 33.2 Å². The Labute approximate surface area is 303 Å². The lowest BCUT2D eigenvalue weighted by Crippen LogP contribution is -2.30. The van der Waals surface area contributed by atoms with Crippen LogP contribution >= 0.6 is 0 Å². The van der Waals surface area contributed by atoms with Gasteiger partial charge >= 0.3 is 0 Å². The van der Waals surface area contributed by atoms with Crippen molar-refractivity contribution in [1.82, 2.24) is 0 Å². The van der Waals surface area contributed by atoms with Gasteiger partial charge in [-0.2, -0.15) is 0 Å². The summed E-state index contributed by atoms with van der Waals surface area (Å²) < 4.78 is 9.04. The molecule has 0 amide bonds. The summed E-state index contributed by atoms with van der Waals surface area (Å²) in [6.07, 6.45) is 0. The number of hydrogen-bond acceptors (Lipinski definition) is 3. The maximum Gasteiger partial charge on any atom is 0.252 e. The smallest absolute Gasteiger partial charge is 0.252 e. The van der Waals surface area contributed by atoms with Gasteiger partial charge in [0.15, 0.2) is 6.04 Å². The third-order valence-corrected chi connectivity index (χ3v) is 10.8. The van der Waals surface area contributed by atoms with Crippen molar-refractivity contribution < 1.29 is 9.11 Å². The fourth-order valence-electron chi connectivity index (χ4n) is 8.35. The zero-order chi connectivity index (χ0) is 34.8. The monoisotopic (exact) mass is 670 g/mol. The highest BCUT2D eigenvalue weighted by molar-refractivity contribution is 6.12. The van der Waals surface area contributed by atoms with Crippen LogP contribution in [0.5, 0.6) is 0 Å². The number of azo groups is 2. The Morgan fingerprint density at radius 1 is 0.596 bits per heavy atom. The Hall–Kier alpha value is -6.52. The van der Waals surface area contributed by atoms with Gasteiger partial charge in [0.25, 0.3) is 5.70 Å². The molecular weight excluding hydrogens is 635 g/mol. The van der Waals surface area contributed by atoms with Gasteiger partial charge < -0.3 is 9.32 Å². The van der Waals surface area contributed by atoms with Crippen LogP contribution in [0.4, 0.5) is 22.7 Å². The average Bonchev–Trinajstić information content (AvgIpc) is 3.79. The second-order valence-corrected chi connectivity index (χ2v) is 14.2. The number of anilines is 3. The number of para-hydroxylation sites is 4. The van der Waals surface area contributed by atoms with E-state index >= 15 is 0 Å². The third-order valence-electron chi connectivity index (χ3n) is 10.8. The lowest BCUT2D eigenvalue weighted by molar-refractivity contribution is -0.411. The fourth-order valence-corrected chi connectivity index (χ4v) is 8.35. The van der Waals surface area contributed by atoms with E-state index in [4.69, 9.17) is 9.53 Å². The van der Waals surface area contributed by atoms with E-state index in [0.29, 0.717) is 0 Å². The minimum absolute atomic E-state index is 0.166. The van der Waals surface area contributed by atoms with Crippen LogP contribution in [-0.2, 0) is 5.41 Å². The minimum Gasteiger partial charge on any atom is -0.455 e. The molecule has 4 heteroatoms. The summed E-state index contributed by atoms with van der Waals surface area (Å²) in [5.41, 5.74) is 14.0. The Morgan fingerprint density at radius 3 is 1.87 bits per heavy atom. The van der Waals surface area contributed by atoms with Crippen LogP contribution in [0.1, 0.15) is 47.7 Å². The lowest BCUT2D eigenvalue weighted by atomic mass is 9.73. The third kappa shape index (κ3) is 4.61. The second kappa shape index (κ2) is 11.8. The number of rotatable bonds is 5. The first-order valence-electron chi connectivity index (χ1n) is 17.9. The molecule has 1 unspecified atom stereocenters. The number of fused-ring (bicyclic) bond motifs is 5. The molecule has 4 nitrogen and oxygen atoms in total. The molecule has 1 aromatic heterocycles. The molecule has 0 saturated heterocycles. The molecule has 0 bridgehead atoms. The highest BCUT2D eigenvalue weighted by Crippen LogP contribution is 2.55. The van der Waals surface area contributed by atoms with Crippen LogP contribution in [0.15, 0.2) is 185 Å². The van der Waals surface area contributed by atoms with E-state index in [1.807, 2.05) is 6.07 Å². The Balaban J connectivity index is 1.34. The summed E-state index contributed by atoms with van der Waals surface area (Å²) in [7, 11) is 0. The van der Waals surface area contributed by atoms with Gasteiger partial charge in [0.05, 0.1) is 16.9 Å². The van der Waals surface area contributed by atoms with E-state index in [0.717, 1.165) is 61.3 Å². The summed E-state index contributed by atoms with van der Waals surface area (Å²) in [4.78, 5) is 2.45. The largest absolute Gasteiger partial charge is 0.455 e. The summed E-state index contributed by atoms with van der Waals surface area (Å²) in [5, 5.41) is 7.71. The van der Waals surface area contributed by atoms with E-state index in [1.165, 1.54) is 22.5 Å². The topological polar surface area (TPSA) is 31.8 Å². The van der Waals surface area contributed by atoms with Gasteiger partial charge in [0.2, 0.25) is 5.69 Å². The quantitative estimate of drug-likeness (QED) is 0.171. The van der Waals surface area contributed by atoms with Gasteiger partial charge in [-0.3, -0.25) is 0 Å². The first kappa shape index (κ1) is 30.3. The van der Waals surface area contributed by atoms with E-state index in [9.17, 15) is 0 Å². The standard InChI is InChI=1S/C48H36N3O/c1-48(2)39-25-13-15-27-41(39)50(42-28-16-14-26-40(42)48)35-30-37-36-24-12-17-29-43(36)52-47(37)38(31-35)44-45(32-18-6-3-7-19-32)49-51(34-22-10-5-11-23-34)46(44)33-20-8-4-9-21-33/h3-31,45H,1-2H3/q+1. The molecule has 2 aliphatic rings. The predicted molar refractivity (Wildman–Crippen MR) is 212 cm³/mol. The van der Waals surface area contributed by atoms with E-state index < -0.39 is 0 Å². The van der Waals surface area contributed by atoms with Crippen molar-refractivity contribution in [1.29, 1.82) is 0 Å². The van der Waals surface area contributed by atoms with E-state index in [1.54, 1.807) is 0 Å². The maximum atomic E-state index is 6.91. The van der Waals surface area contributed by atoms with Crippen molar-refractivity contribution in [3.63, 3.8) is 0 Å². The van der Waals surface area contributed by atoms with Gasteiger partial charge in [0, 0.05) is 45.1 Å². The minimum atomic E-state index is -0.289. The fraction of sp³-hybridized carbons (Fsp3) is 0.0833. The molecule has 0 spiro atoms.